The molecule has 1 atom stereocenters. The van der Waals surface area contributed by atoms with E-state index in [1.807, 2.05) is 67.2 Å². The van der Waals surface area contributed by atoms with Crippen LogP contribution in [0.25, 0.3) is 11.3 Å². The number of carbonyl (C=O) groups is 1. The van der Waals surface area contributed by atoms with Crippen LogP contribution in [-0.2, 0) is 17.5 Å². The van der Waals surface area contributed by atoms with Gasteiger partial charge in [-0.1, -0.05) is 36.4 Å². The number of aromatic nitrogens is 2. The van der Waals surface area contributed by atoms with Crippen LogP contribution in [0.2, 0.25) is 0 Å². The molecule has 0 bridgehead atoms. The van der Waals surface area contributed by atoms with Crippen molar-refractivity contribution in [3.8, 4) is 11.3 Å². The smallest absolute Gasteiger partial charge is 0.257 e. The monoisotopic (exact) mass is 347 g/mol. The molecule has 5 nitrogen and oxygen atoms in total. The molecule has 132 valence electrons. The van der Waals surface area contributed by atoms with E-state index in [0.717, 1.165) is 22.4 Å². The van der Waals surface area contributed by atoms with Crippen LogP contribution in [0.1, 0.15) is 28.4 Å². The molecule has 3 aromatic rings. The molecule has 26 heavy (non-hydrogen) atoms. The molecule has 1 amide bonds. The highest BCUT2D eigenvalue weighted by atomic mass is 16.5. The van der Waals surface area contributed by atoms with Crippen LogP contribution in [0, 0.1) is 0 Å². The van der Waals surface area contributed by atoms with Gasteiger partial charge in [0.05, 0.1) is 5.69 Å². The van der Waals surface area contributed by atoms with Crippen molar-refractivity contribution < 1.29 is 9.53 Å². The van der Waals surface area contributed by atoms with Crippen LogP contribution in [-0.4, -0.2) is 34.2 Å². The van der Waals surface area contributed by atoms with Gasteiger partial charge in [0.1, 0.15) is 0 Å². The van der Waals surface area contributed by atoms with Crippen molar-refractivity contribution in [3.05, 3.63) is 77.5 Å². The Labute approximate surface area is 152 Å². The van der Waals surface area contributed by atoms with Crippen LogP contribution >= 0.6 is 0 Å². The van der Waals surface area contributed by atoms with Gasteiger partial charge >= 0.3 is 0 Å². The van der Waals surface area contributed by atoms with Gasteiger partial charge in [-0.15, -0.1) is 0 Å². The third kappa shape index (κ3) is 2.14. The number of ether oxygens (including phenoxy) is 1. The zero-order valence-corrected chi connectivity index (χ0v) is 15.1. The van der Waals surface area contributed by atoms with Gasteiger partial charge in [-0.3, -0.25) is 9.48 Å². The maximum atomic E-state index is 13.1. The highest BCUT2D eigenvalue weighted by molar-refractivity contribution is 6.01. The number of nitrogens with zero attached hydrogens (tertiary/aromatic N) is 3. The average Bonchev–Trinajstić information content (AvgIpc) is 3.21. The molecule has 0 N–H and O–H groups in total. The topological polar surface area (TPSA) is 47.4 Å². The van der Waals surface area contributed by atoms with Crippen molar-refractivity contribution >= 4 is 5.91 Å². The van der Waals surface area contributed by atoms with Crippen molar-refractivity contribution in [2.24, 2.45) is 7.05 Å². The molecule has 5 heteroatoms. The molecule has 0 fully saturated rings. The van der Waals surface area contributed by atoms with Gasteiger partial charge in [0.2, 0.25) is 0 Å². The van der Waals surface area contributed by atoms with E-state index in [9.17, 15) is 4.79 Å². The number of rotatable bonds is 4. The van der Waals surface area contributed by atoms with E-state index in [-0.39, 0.29) is 5.91 Å². The highest BCUT2D eigenvalue weighted by Crippen LogP contribution is 2.45. The second-order valence-electron chi connectivity index (χ2n) is 6.36. The highest BCUT2D eigenvalue weighted by Gasteiger charge is 2.51. The molecular weight excluding hydrogens is 326 g/mol. The minimum atomic E-state index is -0.920. The van der Waals surface area contributed by atoms with Gasteiger partial charge in [-0.05, 0) is 25.1 Å². The summed E-state index contributed by atoms with van der Waals surface area (Å²) in [6.07, 6.45) is 1.77. The number of aryl methyl sites for hydroxylation is 1. The van der Waals surface area contributed by atoms with Gasteiger partial charge in [-0.25, -0.2) is 0 Å². The SMILES string of the molecule is CCN1C(=O)c2ccc(-c3ccnn3C)cc2C1(OC)c1ccccc1. The van der Waals surface area contributed by atoms with Crippen molar-refractivity contribution in [3.63, 3.8) is 0 Å². The molecule has 4 rings (SSSR count). The molecular formula is C21H21N3O2. The molecule has 2 heterocycles. The average molecular weight is 347 g/mol. The van der Waals surface area contributed by atoms with Crippen LogP contribution in [0.3, 0.4) is 0 Å². The van der Waals surface area contributed by atoms with Gasteiger partial charge in [0, 0.05) is 49.2 Å². The largest absolute Gasteiger partial charge is 0.350 e. The second kappa shape index (κ2) is 6.11. The standard InChI is InChI=1S/C21H21N3O2/c1-4-24-20(25)17-11-10-15(19-12-13-22-23(19)2)14-18(17)21(24,26-3)16-8-6-5-7-9-16/h5-14H,4H2,1-3H3. The van der Waals surface area contributed by atoms with Gasteiger partial charge in [-0.2, -0.15) is 5.10 Å². The van der Waals surface area contributed by atoms with Crippen molar-refractivity contribution in [1.82, 2.24) is 14.7 Å². The third-order valence-electron chi connectivity index (χ3n) is 5.13. The summed E-state index contributed by atoms with van der Waals surface area (Å²) in [5.74, 6) is -0.00948. The molecule has 1 aromatic heterocycles. The van der Waals surface area contributed by atoms with E-state index in [4.69, 9.17) is 4.74 Å². The molecule has 1 aliphatic heterocycles. The molecule has 0 radical (unpaired) electrons. The summed E-state index contributed by atoms with van der Waals surface area (Å²) in [6.45, 7) is 2.53. The Hall–Kier alpha value is -2.92. The quantitative estimate of drug-likeness (QED) is 0.727. The fourth-order valence-electron chi connectivity index (χ4n) is 3.94. The Morgan fingerprint density at radius 3 is 2.50 bits per heavy atom. The Kier molecular flexibility index (Phi) is 3.89. The van der Waals surface area contributed by atoms with E-state index in [0.29, 0.717) is 12.1 Å². The third-order valence-corrected chi connectivity index (χ3v) is 5.13. The molecule has 0 saturated heterocycles. The number of fused-ring (bicyclic) bond motifs is 1. The maximum Gasteiger partial charge on any atom is 0.257 e. The first kappa shape index (κ1) is 16.5. The van der Waals surface area contributed by atoms with Crippen LogP contribution in [0.4, 0.5) is 0 Å². The van der Waals surface area contributed by atoms with Crippen molar-refractivity contribution in [2.45, 2.75) is 12.6 Å². The minimum absolute atomic E-state index is 0.00948. The summed E-state index contributed by atoms with van der Waals surface area (Å²) in [7, 11) is 3.57. The Balaban J connectivity index is 1.99. The van der Waals surface area contributed by atoms with Crippen LogP contribution in [0.5, 0.6) is 0 Å². The van der Waals surface area contributed by atoms with Crippen LogP contribution in [0.15, 0.2) is 60.8 Å². The van der Waals surface area contributed by atoms with E-state index in [2.05, 4.69) is 11.2 Å². The molecule has 1 unspecified atom stereocenters. The maximum absolute atomic E-state index is 13.1. The fourth-order valence-corrected chi connectivity index (χ4v) is 3.94. The number of amides is 1. The Bertz CT molecular complexity index is 964. The summed E-state index contributed by atoms with van der Waals surface area (Å²) in [6, 6.07) is 17.8. The summed E-state index contributed by atoms with van der Waals surface area (Å²) in [5, 5.41) is 4.26. The number of hydrogen-bond donors (Lipinski definition) is 0. The lowest BCUT2D eigenvalue weighted by molar-refractivity contribution is -0.0804. The zero-order valence-electron chi connectivity index (χ0n) is 15.1. The van der Waals surface area contributed by atoms with E-state index >= 15 is 0 Å². The summed E-state index contributed by atoms with van der Waals surface area (Å²) >= 11 is 0. The number of hydrogen-bond acceptors (Lipinski definition) is 3. The van der Waals surface area contributed by atoms with Gasteiger partial charge < -0.3 is 9.64 Å². The van der Waals surface area contributed by atoms with Crippen LogP contribution < -0.4 is 0 Å². The predicted molar refractivity (Wildman–Crippen MR) is 99.6 cm³/mol. The molecule has 0 spiro atoms. The van der Waals surface area contributed by atoms with Crippen molar-refractivity contribution in [1.29, 1.82) is 0 Å². The zero-order chi connectivity index (χ0) is 18.3. The molecule has 1 aliphatic rings. The first-order valence-electron chi connectivity index (χ1n) is 8.69. The summed E-state index contributed by atoms with van der Waals surface area (Å²) in [5.41, 5.74) is 3.58. The predicted octanol–water partition coefficient (Wildman–Crippen LogP) is 3.41. The van der Waals surface area contributed by atoms with Gasteiger partial charge in [0.25, 0.3) is 5.91 Å². The first-order valence-corrected chi connectivity index (χ1v) is 8.69. The Morgan fingerprint density at radius 2 is 1.88 bits per heavy atom. The summed E-state index contributed by atoms with van der Waals surface area (Å²) in [4.78, 5) is 14.9. The van der Waals surface area contributed by atoms with E-state index in [1.54, 1.807) is 18.2 Å². The Morgan fingerprint density at radius 1 is 1.12 bits per heavy atom. The lowest BCUT2D eigenvalue weighted by Gasteiger charge is -2.37. The lowest BCUT2D eigenvalue weighted by atomic mass is 9.91. The molecule has 0 aliphatic carbocycles. The second-order valence-corrected chi connectivity index (χ2v) is 6.36. The normalized spacial score (nSPS) is 19.0. The van der Waals surface area contributed by atoms with E-state index in [1.165, 1.54) is 0 Å². The number of methoxy groups -OCH3 is 1. The first-order chi connectivity index (χ1) is 12.6. The number of benzene rings is 2. The minimum Gasteiger partial charge on any atom is -0.350 e. The fraction of sp³-hybridized carbons (Fsp3) is 0.238. The number of carbonyl (C=O) groups excluding carboxylic acids is 1. The van der Waals surface area contributed by atoms with Gasteiger partial charge in [0.15, 0.2) is 5.72 Å². The lowest BCUT2D eigenvalue weighted by Crippen LogP contribution is -2.46. The molecule has 0 saturated carbocycles. The summed E-state index contributed by atoms with van der Waals surface area (Å²) < 4.78 is 7.90. The molecule has 2 aromatic carbocycles. The van der Waals surface area contributed by atoms with Crippen molar-refractivity contribution in [2.75, 3.05) is 13.7 Å². The van der Waals surface area contributed by atoms with E-state index < -0.39 is 5.72 Å².